The lowest BCUT2D eigenvalue weighted by atomic mass is 9.83. The van der Waals surface area contributed by atoms with Gasteiger partial charge in [0.2, 0.25) is 0 Å². The molecule has 1 saturated heterocycles. The Morgan fingerprint density at radius 2 is 2.27 bits per heavy atom. The highest BCUT2D eigenvalue weighted by atomic mass is 16.3. The second-order valence-corrected chi connectivity index (χ2v) is 3.92. The summed E-state index contributed by atoms with van der Waals surface area (Å²) in [6, 6.07) is 0. The van der Waals surface area contributed by atoms with Crippen LogP contribution < -0.4 is 5.32 Å². The molecule has 2 heteroatoms. The summed E-state index contributed by atoms with van der Waals surface area (Å²) < 4.78 is 0. The summed E-state index contributed by atoms with van der Waals surface area (Å²) in [5.74, 6) is 0. The van der Waals surface area contributed by atoms with Crippen LogP contribution in [0.3, 0.4) is 0 Å². The van der Waals surface area contributed by atoms with Crippen LogP contribution in [-0.4, -0.2) is 24.8 Å². The first-order valence-corrected chi connectivity index (χ1v) is 4.58. The Morgan fingerprint density at radius 3 is 3.00 bits per heavy atom. The summed E-state index contributed by atoms with van der Waals surface area (Å²) in [6.45, 7) is 4.83. The van der Waals surface area contributed by atoms with Crippen molar-refractivity contribution in [1.29, 1.82) is 0 Å². The smallest absolute Gasteiger partial charge is 0.0436 e. The van der Waals surface area contributed by atoms with E-state index in [0.29, 0.717) is 12.0 Å². The maximum atomic E-state index is 8.85. The summed E-state index contributed by atoms with van der Waals surface area (Å²) in [5, 5.41) is 12.3. The van der Waals surface area contributed by atoms with Crippen molar-refractivity contribution in [2.45, 2.75) is 32.6 Å². The molecule has 11 heavy (non-hydrogen) atoms. The predicted molar refractivity (Wildman–Crippen MR) is 46.5 cm³/mol. The lowest BCUT2D eigenvalue weighted by molar-refractivity contribution is 0.188. The molecule has 0 radical (unpaired) electrons. The van der Waals surface area contributed by atoms with Gasteiger partial charge in [0.1, 0.15) is 0 Å². The van der Waals surface area contributed by atoms with Crippen molar-refractivity contribution in [1.82, 2.24) is 5.32 Å². The standard InChI is InChI=1S/C9H19NO/c1-9(5-7-11)4-2-3-6-10-8-9/h10-11H,2-8H2,1H3. The van der Waals surface area contributed by atoms with E-state index in [4.69, 9.17) is 5.11 Å². The minimum absolute atomic E-state index is 0.332. The van der Waals surface area contributed by atoms with Crippen LogP contribution in [0.25, 0.3) is 0 Å². The molecule has 1 atom stereocenters. The molecule has 0 spiro atoms. The topological polar surface area (TPSA) is 32.3 Å². The highest BCUT2D eigenvalue weighted by Gasteiger charge is 2.24. The third-order valence-corrected chi connectivity index (χ3v) is 2.65. The van der Waals surface area contributed by atoms with E-state index in [1.54, 1.807) is 0 Å². The fourth-order valence-electron chi connectivity index (χ4n) is 1.76. The van der Waals surface area contributed by atoms with E-state index in [2.05, 4.69) is 12.2 Å². The molecule has 2 nitrogen and oxygen atoms in total. The van der Waals surface area contributed by atoms with Crippen molar-refractivity contribution in [3.8, 4) is 0 Å². The van der Waals surface area contributed by atoms with Crippen molar-refractivity contribution in [2.75, 3.05) is 19.7 Å². The SMILES string of the molecule is CC1(CCO)CCCCNC1. The van der Waals surface area contributed by atoms with Gasteiger partial charge in [0, 0.05) is 13.2 Å². The Kier molecular flexibility index (Phi) is 3.34. The monoisotopic (exact) mass is 157 g/mol. The van der Waals surface area contributed by atoms with Gasteiger partial charge >= 0.3 is 0 Å². The van der Waals surface area contributed by atoms with Crippen molar-refractivity contribution in [3.05, 3.63) is 0 Å². The second kappa shape index (κ2) is 4.07. The van der Waals surface area contributed by atoms with Crippen LogP contribution in [0.4, 0.5) is 0 Å². The molecule has 0 aromatic carbocycles. The van der Waals surface area contributed by atoms with E-state index in [0.717, 1.165) is 19.5 Å². The summed E-state index contributed by atoms with van der Waals surface area (Å²) >= 11 is 0. The number of hydrogen-bond donors (Lipinski definition) is 2. The highest BCUT2D eigenvalue weighted by molar-refractivity contribution is 4.79. The van der Waals surface area contributed by atoms with Crippen LogP contribution in [0.1, 0.15) is 32.6 Å². The third-order valence-electron chi connectivity index (χ3n) is 2.65. The fourth-order valence-corrected chi connectivity index (χ4v) is 1.76. The highest BCUT2D eigenvalue weighted by Crippen LogP contribution is 2.28. The summed E-state index contributed by atoms with van der Waals surface area (Å²) in [6.07, 6.45) is 4.81. The molecule has 1 fully saturated rings. The van der Waals surface area contributed by atoms with Gasteiger partial charge < -0.3 is 10.4 Å². The molecule has 66 valence electrons. The first-order valence-electron chi connectivity index (χ1n) is 4.58. The van der Waals surface area contributed by atoms with Crippen LogP contribution in [0.2, 0.25) is 0 Å². The Hall–Kier alpha value is -0.0800. The molecule has 1 rings (SSSR count). The van der Waals surface area contributed by atoms with Gasteiger partial charge in [-0.25, -0.2) is 0 Å². The summed E-state index contributed by atoms with van der Waals surface area (Å²) in [5.41, 5.74) is 0.352. The van der Waals surface area contributed by atoms with E-state index >= 15 is 0 Å². The molecule has 1 heterocycles. The van der Waals surface area contributed by atoms with Gasteiger partial charge in [-0.05, 0) is 31.2 Å². The van der Waals surface area contributed by atoms with Gasteiger partial charge in [-0.3, -0.25) is 0 Å². The number of hydrogen-bond acceptors (Lipinski definition) is 2. The van der Waals surface area contributed by atoms with Gasteiger partial charge in [-0.2, -0.15) is 0 Å². The molecule has 0 bridgehead atoms. The first kappa shape index (κ1) is 9.01. The number of rotatable bonds is 2. The van der Waals surface area contributed by atoms with Crippen molar-refractivity contribution in [2.24, 2.45) is 5.41 Å². The van der Waals surface area contributed by atoms with Crippen LogP contribution >= 0.6 is 0 Å². The minimum atomic E-state index is 0.332. The number of aliphatic hydroxyl groups is 1. The minimum Gasteiger partial charge on any atom is -0.396 e. The van der Waals surface area contributed by atoms with E-state index < -0.39 is 0 Å². The van der Waals surface area contributed by atoms with E-state index in [9.17, 15) is 0 Å². The fraction of sp³-hybridized carbons (Fsp3) is 1.00. The molecule has 0 saturated carbocycles. The predicted octanol–water partition coefficient (Wildman–Crippen LogP) is 1.15. The third kappa shape index (κ3) is 2.80. The van der Waals surface area contributed by atoms with E-state index in [1.165, 1.54) is 19.3 Å². The van der Waals surface area contributed by atoms with Crippen LogP contribution in [-0.2, 0) is 0 Å². The molecule has 0 aromatic heterocycles. The zero-order valence-electron chi connectivity index (χ0n) is 7.40. The molecule has 0 aliphatic carbocycles. The molecule has 2 N–H and O–H groups in total. The molecule has 1 unspecified atom stereocenters. The van der Waals surface area contributed by atoms with Crippen molar-refractivity contribution in [3.63, 3.8) is 0 Å². The summed E-state index contributed by atoms with van der Waals surface area (Å²) in [7, 11) is 0. The lowest BCUT2D eigenvalue weighted by Gasteiger charge is -2.26. The normalized spacial score (nSPS) is 33.3. The van der Waals surface area contributed by atoms with Gasteiger partial charge in [-0.1, -0.05) is 13.3 Å². The Bertz CT molecular complexity index is 106. The average Bonchev–Trinajstić information content (AvgIpc) is 2.15. The second-order valence-electron chi connectivity index (χ2n) is 3.92. The van der Waals surface area contributed by atoms with E-state index in [-0.39, 0.29) is 0 Å². The molecule has 1 aliphatic rings. The Balaban J connectivity index is 2.38. The maximum Gasteiger partial charge on any atom is 0.0436 e. The van der Waals surface area contributed by atoms with Gasteiger partial charge in [0.25, 0.3) is 0 Å². The molecular formula is C9H19NO. The Labute approximate surface area is 69.0 Å². The molecular weight excluding hydrogens is 138 g/mol. The quantitative estimate of drug-likeness (QED) is 0.630. The molecule has 0 amide bonds. The van der Waals surface area contributed by atoms with Crippen molar-refractivity contribution >= 4 is 0 Å². The maximum absolute atomic E-state index is 8.85. The number of aliphatic hydroxyl groups excluding tert-OH is 1. The summed E-state index contributed by atoms with van der Waals surface area (Å²) in [4.78, 5) is 0. The average molecular weight is 157 g/mol. The zero-order valence-corrected chi connectivity index (χ0v) is 7.40. The largest absolute Gasteiger partial charge is 0.396 e. The van der Waals surface area contributed by atoms with Crippen LogP contribution in [0, 0.1) is 5.41 Å². The Morgan fingerprint density at radius 1 is 1.45 bits per heavy atom. The van der Waals surface area contributed by atoms with Crippen molar-refractivity contribution < 1.29 is 5.11 Å². The van der Waals surface area contributed by atoms with Gasteiger partial charge in [0.15, 0.2) is 0 Å². The molecule has 1 aliphatic heterocycles. The van der Waals surface area contributed by atoms with Crippen LogP contribution in [0.15, 0.2) is 0 Å². The zero-order chi connectivity index (χ0) is 8.16. The lowest BCUT2D eigenvalue weighted by Crippen LogP contribution is -2.30. The molecule has 0 aromatic rings. The van der Waals surface area contributed by atoms with E-state index in [1.807, 2.05) is 0 Å². The first-order chi connectivity index (χ1) is 5.27. The number of nitrogens with one attached hydrogen (secondary N) is 1. The van der Waals surface area contributed by atoms with Crippen LogP contribution in [0.5, 0.6) is 0 Å². The van der Waals surface area contributed by atoms with Gasteiger partial charge in [-0.15, -0.1) is 0 Å². The van der Waals surface area contributed by atoms with Gasteiger partial charge in [0.05, 0.1) is 0 Å².